The average Bonchev–Trinajstić information content (AvgIpc) is 3.36. The number of benzene rings is 1. The zero-order chi connectivity index (χ0) is 20.6. The molecule has 0 aliphatic rings. The Morgan fingerprint density at radius 1 is 1.28 bits per heavy atom. The molecule has 2 aromatic heterocycles. The van der Waals surface area contributed by atoms with E-state index in [1.165, 1.54) is 11.3 Å². The highest BCUT2D eigenvalue weighted by molar-refractivity contribution is 7.09. The Morgan fingerprint density at radius 3 is 2.90 bits per heavy atom. The number of aromatic nitrogens is 3. The number of carbonyl (C=O) groups is 2. The van der Waals surface area contributed by atoms with Crippen molar-refractivity contribution in [1.82, 2.24) is 15.2 Å². The number of thiazole rings is 1. The van der Waals surface area contributed by atoms with Crippen molar-refractivity contribution >= 4 is 28.9 Å². The molecule has 3 rings (SSSR count). The van der Waals surface area contributed by atoms with Gasteiger partial charge in [-0.3, -0.25) is 9.89 Å². The van der Waals surface area contributed by atoms with Gasteiger partial charge in [0.15, 0.2) is 5.69 Å². The number of anilines is 1. The summed E-state index contributed by atoms with van der Waals surface area (Å²) in [7, 11) is 1.55. The molecule has 0 aliphatic heterocycles. The van der Waals surface area contributed by atoms with E-state index in [9.17, 15) is 9.59 Å². The summed E-state index contributed by atoms with van der Waals surface area (Å²) >= 11 is 1.34. The molecule has 152 valence electrons. The summed E-state index contributed by atoms with van der Waals surface area (Å²) in [5, 5.41) is 12.0. The molecule has 3 aromatic rings. The van der Waals surface area contributed by atoms with Crippen LogP contribution in [0.4, 0.5) is 5.69 Å². The molecular formula is C20H22N4O4S. The normalized spacial score (nSPS) is 10.6. The highest BCUT2D eigenvalue weighted by atomic mass is 32.1. The van der Waals surface area contributed by atoms with E-state index in [0.29, 0.717) is 22.1 Å². The maximum absolute atomic E-state index is 12.3. The fraction of sp³-hybridized carbons (Fsp3) is 0.300. The van der Waals surface area contributed by atoms with Crippen LogP contribution in [-0.2, 0) is 29.0 Å². The van der Waals surface area contributed by atoms with Crippen molar-refractivity contribution in [3.8, 4) is 5.75 Å². The van der Waals surface area contributed by atoms with Crippen LogP contribution >= 0.6 is 11.3 Å². The molecule has 2 heterocycles. The van der Waals surface area contributed by atoms with Gasteiger partial charge >= 0.3 is 5.97 Å². The smallest absolute Gasteiger partial charge is 0.359 e. The molecule has 9 heteroatoms. The van der Waals surface area contributed by atoms with Crippen LogP contribution in [0.3, 0.4) is 0 Å². The summed E-state index contributed by atoms with van der Waals surface area (Å²) in [6.07, 6.45) is 1.91. The first-order valence-corrected chi connectivity index (χ1v) is 10.0. The van der Waals surface area contributed by atoms with Crippen molar-refractivity contribution in [2.75, 3.05) is 12.4 Å². The quantitative estimate of drug-likeness (QED) is 0.520. The molecule has 8 nitrogen and oxygen atoms in total. The van der Waals surface area contributed by atoms with Crippen LogP contribution in [0, 0.1) is 0 Å². The van der Waals surface area contributed by atoms with Crippen molar-refractivity contribution in [3.63, 3.8) is 0 Å². The Balaban J connectivity index is 1.51. The Hall–Kier alpha value is -3.20. The van der Waals surface area contributed by atoms with E-state index in [1.54, 1.807) is 30.7 Å². The zero-order valence-electron chi connectivity index (χ0n) is 16.2. The number of methoxy groups -OCH3 is 1. The molecule has 0 unspecified atom stereocenters. The van der Waals surface area contributed by atoms with E-state index in [2.05, 4.69) is 27.4 Å². The number of esters is 1. The summed E-state index contributed by atoms with van der Waals surface area (Å²) in [5.74, 6) is -0.118. The van der Waals surface area contributed by atoms with Crippen LogP contribution in [0.15, 0.2) is 35.7 Å². The van der Waals surface area contributed by atoms with E-state index in [1.807, 2.05) is 12.1 Å². The third-order valence-electron chi connectivity index (χ3n) is 4.00. The lowest BCUT2D eigenvalue weighted by Crippen LogP contribution is -2.15. The van der Waals surface area contributed by atoms with Gasteiger partial charge in [0.05, 0.1) is 24.9 Å². The monoisotopic (exact) mass is 414 g/mol. The predicted molar refractivity (Wildman–Crippen MR) is 109 cm³/mol. The summed E-state index contributed by atoms with van der Waals surface area (Å²) in [4.78, 5) is 28.7. The molecule has 0 saturated carbocycles. The van der Waals surface area contributed by atoms with Gasteiger partial charge in [-0.05, 0) is 24.6 Å². The van der Waals surface area contributed by atoms with Crippen LogP contribution < -0.4 is 10.1 Å². The SMILES string of the molecule is CCCc1cc(C(=O)OCc2csc(CC(=O)Nc3ccccc3OC)n2)n[nH]1. The van der Waals surface area contributed by atoms with Crippen LogP contribution in [0.2, 0.25) is 0 Å². The lowest BCUT2D eigenvalue weighted by atomic mass is 10.2. The summed E-state index contributed by atoms with van der Waals surface area (Å²) in [5.41, 5.74) is 2.34. The molecule has 0 fully saturated rings. The van der Waals surface area contributed by atoms with Gasteiger partial charge in [0.2, 0.25) is 5.91 Å². The first-order chi connectivity index (χ1) is 14.1. The van der Waals surface area contributed by atoms with Gasteiger partial charge in [0.25, 0.3) is 0 Å². The number of aromatic amines is 1. The topological polar surface area (TPSA) is 106 Å². The first-order valence-electron chi connectivity index (χ1n) is 9.16. The number of nitrogens with one attached hydrogen (secondary N) is 2. The van der Waals surface area contributed by atoms with Crippen LogP contribution in [0.1, 0.15) is 40.2 Å². The van der Waals surface area contributed by atoms with Gasteiger partial charge in [0.1, 0.15) is 17.4 Å². The van der Waals surface area contributed by atoms with Gasteiger partial charge < -0.3 is 14.8 Å². The summed E-state index contributed by atoms with van der Waals surface area (Å²) < 4.78 is 10.5. The minimum atomic E-state index is -0.507. The van der Waals surface area contributed by atoms with Crippen LogP contribution in [0.5, 0.6) is 5.75 Å². The zero-order valence-corrected chi connectivity index (χ0v) is 17.0. The molecule has 0 spiro atoms. The van der Waals surface area contributed by atoms with Crippen molar-refractivity contribution < 1.29 is 19.1 Å². The van der Waals surface area contributed by atoms with Crippen LogP contribution in [-0.4, -0.2) is 34.2 Å². The second-order valence-electron chi connectivity index (χ2n) is 6.26. The molecular weight excluding hydrogens is 392 g/mol. The number of H-pyrrole nitrogens is 1. The van der Waals surface area contributed by atoms with E-state index in [0.717, 1.165) is 18.5 Å². The number of amides is 1. The van der Waals surface area contributed by atoms with Crippen molar-refractivity contribution in [3.05, 3.63) is 57.8 Å². The van der Waals surface area contributed by atoms with E-state index >= 15 is 0 Å². The molecule has 2 N–H and O–H groups in total. The van der Waals surface area contributed by atoms with E-state index in [4.69, 9.17) is 9.47 Å². The largest absolute Gasteiger partial charge is 0.495 e. The highest BCUT2D eigenvalue weighted by Crippen LogP contribution is 2.23. The standard InChI is InChI=1S/C20H22N4O4S/c1-3-6-13-9-16(24-23-13)20(26)28-11-14-12-29-19(21-14)10-18(25)22-15-7-4-5-8-17(15)27-2/h4-5,7-9,12H,3,6,10-11H2,1-2H3,(H,22,25)(H,23,24). The number of nitrogens with zero attached hydrogens (tertiary/aromatic N) is 2. The van der Waals surface area contributed by atoms with E-state index in [-0.39, 0.29) is 24.6 Å². The second kappa shape index (κ2) is 9.83. The fourth-order valence-corrected chi connectivity index (χ4v) is 3.43. The van der Waals surface area contributed by atoms with Crippen LogP contribution in [0.25, 0.3) is 0 Å². The maximum Gasteiger partial charge on any atom is 0.359 e. The lowest BCUT2D eigenvalue weighted by Gasteiger charge is -2.08. The van der Waals surface area contributed by atoms with Crippen molar-refractivity contribution in [1.29, 1.82) is 0 Å². The Labute approximate surface area is 172 Å². The molecule has 1 amide bonds. The molecule has 0 atom stereocenters. The highest BCUT2D eigenvalue weighted by Gasteiger charge is 2.14. The van der Waals surface area contributed by atoms with Gasteiger partial charge in [-0.2, -0.15) is 5.10 Å². The van der Waals surface area contributed by atoms with Gasteiger partial charge in [0, 0.05) is 11.1 Å². The summed E-state index contributed by atoms with van der Waals surface area (Å²) in [6.45, 7) is 2.08. The number of rotatable bonds is 9. The Kier molecular flexibility index (Phi) is 6.96. The average molecular weight is 414 g/mol. The third kappa shape index (κ3) is 5.64. The molecule has 0 aliphatic carbocycles. The number of hydrogen-bond acceptors (Lipinski definition) is 7. The third-order valence-corrected chi connectivity index (χ3v) is 4.90. The van der Waals surface area contributed by atoms with Crippen molar-refractivity contribution in [2.45, 2.75) is 32.8 Å². The molecule has 0 bridgehead atoms. The minimum Gasteiger partial charge on any atom is -0.495 e. The Morgan fingerprint density at radius 2 is 2.10 bits per heavy atom. The number of carbonyl (C=O) groups excluding carboxylic acids is 2. The Bertz CT molecular complexity index is 982. The summed E-state index contributed by atoms with van der Waals surface area (Å²) in [6, 6.07) is 8.88. The number of para-hydroxylation sites is 2. The van der Waals surface area contributed by atoms with Gasteiger partial charge in [-0.25, -0.2) is 9.78 Å². The molecule has 1 aromatic carbocycles. The molecule has 0 radical (unpaired) electrons. The molecule has 0 saturated heterocycles. The number of ether oxygens (including phenoxy) is 2. The lowest BCUT2D eigenvalue weighted by molar-refractivity contribution is -0.115. The van der Waals surface area contributed by atoms with Crippen molar-refractivity contribution in [2.24, 2.45) is 0 Å². The molecule has 29 heavy (non-hydrogen) atoms. The number of hydrogen-bond donors (Lipinski definition) is 2. The maximum atomic E-state index is 12.3. The van der Waals surface area contributed by atoms with Gasteiger partial charge in [-0.15, -0.1) is 11.3 Å². The van der Waals surface area contributed by atoms with E-state index < -0.39 is 5.97 Å². The first kappa shape index (κ1) is 20.5. The fourth-order valence-electron chi connectivity index (χ4n) is 2.65. The number of aryl methyl sites for hydroxylation is 1. The predicted octanol–water partition coefficient (Wildman–Crippen LogP) is 3.37. The second-order valence-corrected chi connectivity index (χ2v) is 7.21. The van der Waals surface area contributed by atoms with Gasteiger partial charge in [-0.1, -0.05) is 25.5 Å². The minimum absolute atomic E-state index is 0.0272.